The molecule has 3 aromatic rings. The van der Waals surface area contributed by atoms with Gasteiger partial charge in [-0.15, -0.1) is 0 Å². The summed E-state index contributed by atoms with van der Waals surface area (Å²) < 4.78 is 7.56. The Balaban J connectivity index is 1.41. The first-order chi connectivity index (χ1) is 11.8. The number of amides is 1. The lowest BCUT2D eigenvalue weighted by Crippen LogP contribution is -2.24. The van der Waals surface area contributed by atoms with Crippen LogP contribution in [0.25, 0.3) is 10.9 Å². The van der Waals surface area contributed by atoms with Crippen LogP contribution in [0, 0.1) is 0 Å². The minimum atomic E-state index is -0.133. The summed E-state index contributed by atoms with van der Waals surface area (Å²) in [5.74, 6) is -0.133. The third-order valence-corrected chi connectivity index (χ3v) is 4.37. The van der Waals surface area contributed by atoms with E-state index in [1.807, 2.05) is 41.3 Å². The van der Waals surface area contributed by atoms with Crippen molar-refractivity contribution in [1.29, 1.82) is 0 Å². The topological polar surface area (TPSA) is 71.9 Å². The third-order valence-electron chi connectivity index (χ3n) is 4.37. The van der Waals surface area contributed by atoms with Crippen molar-refractivity contribution >= 4 is 22.5 Å². The van der Waals surface area contributed by atoms with Crippen LogP contribution in [0.1, 0.15) is 29.6 Å². The van der Waals surface area contributed by atoms with Gasteiger partial charge in [0.05, 0.1) is 24.5 Å². The molecule has 1 aromatic carbocycles. The molecule has 1 fully saturated rings. The SMILES string of the molecule is O=C(Nc1cnn(CC2CCCCO2)c1)c1ccc2[nH]ccc2c1. The van der Waals surface area contributed by atoms with Gasteiger partial charge in [0, 0.05) is 35.5 Å². The molecule has 3 heterocycles. The molecule has 0 bridgehead atoms. The average molecular weight is 324 g/mol. The van der Waals surface area contributed by atoms with Gasteiger partial charge in [-0.1, -0.05) is 0 Å². The van der Waals surface area contributed by atoms with Crippen molar-refractivity contribution in [2.45, 2.75) is 31.9 Å². The number of H-pyrrole nitrogens is 1. The van der Waals surface area contributed by atoms with Crippen LogP contribution in [-0.2, 0) is 11.3 Å². The van der Waals surface area contributed by atoms with Crippen LogP contribution in [0.4, 0.5) is 5.69 Å². The number of aromatic amines is 1. The number of aromatic nitrogens is 3. The maximum absolute atomic E-state index is 12.4. The van der Waals surface area contributed by atoms with E-state index in [1.165, 1.54) is 6.42 Å². The summed E-state index contributed by atoms with van der Waals surface area (Å²) >= 11 is 0. The molecule has 2 aromatic heterocycles. The van der Waals surface area contributed by atoms with Gasteiger partial charge in [-0.2, -0.15) is 5.10 Å². The molecular formula is C18H20N4O2. The smallest absolute Gasteiger partial charge is 0.255 e. The number of hydrogen-bond donors (Lipinski definition) is 2. The highest BCUT2D eigenvalue weighted by molar-refractivity contribution is 6.06. The lowest BCUT2D eigenvalue weighted by atomic mass is 10.1. The first-order valence-corrected chi connectivity index (χ1v) is 8.30. The van der Waals surface area contributed by atoms with E-state index in [-0.39, 0.29) is 12.0 Å². The fraction of sp³-hybridized carbons (Fsp3) is 0.333. The van der Waals surface area contributed by atoms with E-state index in [0.717, 1.165) is 36.9 Å². The molecule has 1 saturated heterocycles. The Bertz CT molecular complexity index is 845. The predicted molar refractivity (Wildman–Crippen MR) is 92.1 cm³/mol. The van der Waals surface area contributed by atoms with E-state index < -0.39 is 0 Å². The Kier molecular flexibility index (Phi) is 4.04. The van der Waals surface area contributed by atoms with Gasteiger partial charge >= 0.3 is 0 Å². The number of hydrogen-bond acceptors (Lipinski definition) is 3. The third kappa shape index (κ3) is 3.19. The molecule has 6 heteroatoms. The summed E-state index contributed by atoms with van der Waals surface area (Å²) in [6, 6.07) is 7.55. The normalized spacial score (nSPS) is 17.9. The minimum Gasteiger partial charge on any atom is -0.376 e. The molecule has 0 spiro atoms. The zero-order valence-electron chi connectivity index (χ0n) is 13.4. The summed E-state index contributed by atoms with van der Waals surface area (Å²) in [6.45, 7) is 1.56. The lowest BCUT2D eigenvalue weighted by Gasteiger charge is -2.22. The second-order valence-electron chi connectivity index (χ2n) is 6.17. The highest BCUT2D eigenvalue weighted by Crippen LogP contribution is 2.17. The van der Waals surface area contributed by atoms with E-state index in [4.69, 9.17) is 4.74 Å². The van der Waals surface area contributed by atoms with Gasteiger partial charge in [-0.25, -0.2) is 0 Å². The molecule has 1 atom stereocenters. The molecule has 6 nitrogen and oxygen atoms in total. The van der Waals surface area contributed by atoms with Gasteiger partial charge in [0.1, 0.15) is 0 Å². The highest BCUT2D eigenvalue weighted by Gasteiger charge is 2.15. The predicted octanol–water partition coefficient (Wildman–Crippen LogP) is 3.19. The highest BCUT2D eigenvalue weighted by atomic mass is 16.5. The number of ether oxygens (including phenoxy) is 1. The second-order valence-corrected chi connectivity index (χ2v) is 6.17. The zero-order chi connectivity index (χ0) is 16.4. The summed E-state index contributed by atoms with van der Waals surface area (Å²) in [4.78, 5) is 15.5. The van der Waals surface area contributed by atoms with Gasteiger partial charge in [0.2, 0.25) is 0 Å². The maximum Gasteiger partial charge on any atom is 0.255 e. The van der Waals surface area contributed by atoms with Crippen molar-refractivity contribution in [2.75, 3.05) is 11.9 Å². The number of rotatable bonds is 4. The Morgan fingerprint density at radius 2 is 2.33 bits per heavy atom. The number of anilines is 1. The fourth-order valence-electron chi connectivity index (χ4n) is 3.09. The number of carbonyl (C=O) groups is 1. The summed E-state index contributed by atoms with van der Waals surface area (Å²) in [5.41, 5.74) is 2.35. The molecular weight excluding hydrogens is 304 g/mol. The monoisotopic (exact) mass is 324 g/mol. The van der Waals surface area contributed by atoms with Gasteiger partial charge < -0.3 is 15.0 Å². The van der Waals surface area contributed by atoms with Crippen LogP contribution in [0.15, 0.2) is 42.9 Å². The van der Waals surface area contributed by atoms with Crippen LogP contribution in [0.2, 0.25) is 0 Å². The van der Waals surface area contributed by atoms with Gasteiger partial charge in [-0.05, 0) is 43.5 Å². The number of nitrogens with one attached hydrogen (secondary N) is 2. The van der Waals surface area contributed by atoms with Gasteiger partial charge in [0.15, 0.2) is 0 Å². The van der Waals surface area contributed by atoms with Crippen LogP contribution >= 0.6 is 0 Å². The lowest BCUT2D eigenvalue weighted by molar-refractivity contribution is 0.00401. The molecule has 24 heavy (non-hydrogen) atoms. The Morgan fingerprint density at radius 1 is 1.38 bits per heavy atom. The van der Waals surface area contributed by atoms with E-state index >= 15 is 0 Å². The first kappa shape index (κ1) is 15.0. The fourth-order valence-corrected chi connectivity index (χ4v) is 3.09. The standard InChI is InChI=1S/C18H20N4O2/c23-18(14-4-5-17-13(9-14)6-7-19-17)21-15-10-20-22(11-15)12-16-3-1-2-8-24-16/h4-7,9-11,16,19H,1-3,8,12H2,(H,21,23). The van der Waals surface area contributed by atoms with E-state index in [1.54, 1.807) is 6.20 Å². The second kappa shape index (κ2) is 6.49. The molecule has 1 unspecified atom stereocenters. The molecule has 0 radical (unpaired) electrons. The molecule has 1 aliphatic heterocycles. The van der Waals surface area contributed by atoms with Gasteiger partial charge in [-0.3, -0.25) is 9.48 Å². The zero-order valence-corrected chi connectivity index (χ0v) is 13.4. The number of fused-ring (bicyclic) bond motifs is 1. The summed E-state index contributed by atoms with van der Waals surface area (Å²) in [5, 5.41) is 8.24. The van der Waals surface area contributed by atoms with Crippen molar-refractivity contribution in [3.63, 3.8) is 0 Å². The van der Waals surface area contributed by atoms with E-state index in [9.17, 15) is 4.79 Å². The van der Waals surface area contributed by atoms with Crippen LogP contribution in [0.5, 0.6) is 0 Å². The van der Waals surface area contributed by atoms with Crippen molar-refractivity contribution in [3.05, 3.63) is 48.4 Å². The number of carbonyl (C=O) groups excluding carboxylic acids is 1. The molecule has 0 aliphatic carbocycles. The minimum absolute atomic E-state index is 0.133. The molecule has 1 amide bonds. The number of nitrogens with zero attached hydrogens (tertiary/aromatic N) is 2. The molecule has 0 saturated carbocycles. The quantitative estimate of drug-likeness (QED) is 0.774. The average Bonchev–Trinajstić information content (AvgIpc) is 3.24. The number of benzene rings is 1. The van der Waals surface area contributed by atoms with Crippen molar-refractivity contribution < 1.29 is 9.53 Å². The first-order valence-electron chi connectivity index (χ1n) is 8.30. The summed E-state index contributed by atoms with van der Waals surface area (Å²) in [7, 11) is 0. The summed E-state index contributed by atoms with van der Waals surface area (Å²) in [6.07, 6.45) is 9.03. The maximum atomic E-state index is 12.4. The van der Waals surface area contributed by atoms with Crippen molar-refractivity contribution in [2.24, 2.45) is 0 Å². The molecule has 1 aliphatic rings. The van der Waals surface area contributed by atoms with Crippen LogP contribution < -0.4 is 5.32 Å². The van der Waals surface area contributed by atoms with E-state index in [0.29, 0.717) is 11.3 Å². The molecule has 4 rings (SSSR count). The van der Waals surface area contributed by atoms with Gasteiger partial charge in [0.25, 0.3) is 5.91 Å². The van der Waals surface area contributed by atoms with Crippen LogP contribution in [-0.4, -0.2) is 33.4 Å². The van der Waals surface area contributed by atoms with E-state index in [2.05, 4.69) is 15.4 Å². The Labute approximate surface area is 139 Å². The molecule has 124 valence electrons. The molecule has 2 N–H and O–H groups in total. The largest absolute Gasteiger partial charge is 0.376 e. The van der Waals surface area contributed by atoms with Crippen LogP contribution in [0.3, 0.4) is 0 Å². The van der Waals surface area contributed by atoms with Crippen molar-refractivity contribution in [1.82, 2.24) is 14.8 Å². The Hall–Kier alpha value is -2.60. The Morgan fingerprint density at radius 3 is 3.21 bits per heavy atom. The van der Waals surface area contributed by atoms with Crippen molar-refractivity contribution in [3.8, 4) is 0 Å².